The van der Waals surface area contributed by atoms with Crippen LogP contribution < -0.4 is 0 Å². The molecule has 2 nitrogen and oxygen atoms in total. The largest absolute Gasteiger partial charge is 0.340 e. The van der Waals surface area contributed by atoms with Gasteiger partial charge in [0.15, 0.2) is 5.78 Å². The monoisotopic (exact) mass is 331 g/mol. The first-order valence-corrected chi connectivity index (χ1v) is 6.96. The summed E-state index contributed by atoms with van der Waals surface area (Å²) in [5, 5.41) is 0.926. The molecule has 3 aromatic rings. The van der Waals surface area contributed by atoms with Gasteiger partial charge in [0.1, 0.15) is 5.82 Å². The van der Waals surface area contributed by atoms with E-state index in [1.54, 1.807) is 29.0 Å². The Hall–Kier alpha value is -1.94. The van der Waals surface area contributed by atoms with Crippen molar-refractivity contribution in [1.82, 2.24) is 4.57 Å². The fourth-order valence-corrected chi connectivity index (χ4v) is 2.44. The Morgan fingerprint density at radius 1 is 1.10 bits per heavy atom. The maximum absolute atomic E-state index is 13.3. The Kier molecular flexibility index (Phi) is 3.40. The van der Waals surface area contributed by atoms with Gasteiger partial charge in [-0.3, -0.25) is 4.79 Å². The van der Waals surface area contributed by atoms with Crippen LogP contribution >= 0.6 is 15.9 Å². The number of rotatable bonds is 3. The lowest BCUT2D eigenvalue weighted by molar-refractivity contribution is 0.0973. The molecule has 0 N–H and O–H groups in total. The van der Waals surface area contributed by atoms with Crippen molar-refractivity contribution in [2.45, 2.75) is 6.54 Å². The van der Waals surface area contributed by atoms with Gasteiger partial charge in [0.25, 0.3) is 0 Å². The molecule has 4 heteroatoms. The van der Waals surface area contributed by atoms with E-state index in [2.05, 4.69) is 15.9 Å². The molecule has 0 bridgehead atoms. The van der Waals surface area contributed by atoms with E-state index in [0.717, 1.165) is 15.4 Å². The quantitative estimate of drug-likeness (QED) is 0.651. The van der Waals surface area contributed by atoms with Gasteiger partial charge in [0.05, 0.1) is 12.1 Å². The third-order valence-electron chi connectivity index (χ3n) is 3.22. The predicted molar refractivity (Wildman–Crippen MR) is 80.4 cm³/mol. The SMILES string of the molecule is O=C(Cn1ccc2ccc(F)cc21)c1ccc(Br)cc1. The van der Waals surface area contributed by atoms with Crippen molar-refractivity contribution in [3.63, 3.8) is 0 Å². The van der Waals surface area contributed by atoms with Crippen molar-refractivity contribution >= 4 is 32.6 Å². The van der Waals surface area contributed by atoms with Gasteiger partial charge < -0.3 is 4.57 Å². The molecule has 0 spiro atoms. The number of benzene rings is 2. The number of carbonyl (C=O) groups excluding carboxylic acids is 1. The summed E-state index contributed by atoms with van der Waals surface area (Å²) in [6.07, 6.45) is 1.81. The molecule has 0 aliphatic heterocycles. The minimum absolute atomic E-state index is 0.000684. The standard InChI is InChI=1S/C16H11BrFNO/c17-13-4-1-12(2-5-13)16(20)10-19-8-7-11-3-6-14(18)9-15(11)19/h1-9H,10H2. The lowest BCUT2D eigenvalue weighted by Gasteiger charge is -2.05. The third-order valence-corrected chi connectivity index (χ3v) is 3.74. The van der Waals surface area contributed by atoms with E-state index in [9.17, 15) is 9.18 Å². The van der Waals surface area contributed by atoms with Gasteiger partial charge in [-0.2, -0.15) is 0 Å². The summed E-state index contributed by atoms with van der Waals surface area (Å²) in [6.45, 7) is 0.203. The maximum Gasteiger partial charge on any atom is 0.182 e. The molecular weight excluding hydrogens is 321 g/mol. The van der Waals surface area contributed by atoms with Crippen molar-refractivity contribution < 1.29 is 9.18 Å². The fourth-order valence-electron chi connectivity index (χ4n) is 2.18. The summed E-state index contributed by atoms with van der Waals surface area (Å²) in [5.41, 5.74) is 1.38. The number of halogens is 2. The molecule has 1 heterocycles. The first-order chi connectivity index (χ1) is 9.63. The lowest BCUT2D eigenvalue weighted by Crippen LogP contribution is -2.09. The zero-order valence-corrected chi connectivity index (χ0v) is 12.1. The number of ketones is 1. The summed E-state index contributed by atoms with van der Waals surface area (Å²) < 4.78 is 16.0. The van der Waals surface area contributed by atoms with Gasteiger partial charge in [0.2, 0.25) is 0 Å². The van der Waals surface area contributed by atoms with E-state index in [1.807, 2.05) is 18.2 Å². The average Bonchev–Trinajstić information content (AvgIpc) is 2.82. The molecule has 0 saturated carbocycles. The maximum atomic E-state index is 13.3. The lowest BCUT2D eigenvalue weighted by atomic mass is 10.1. The molecule has 100 valence electrons. The van der Waals surface area contributed by atoms with Crippen LogP contribution in [0.2, 0.25) is 0 Å². The topological polar surface area (TPSA) is 22.0 Å². The van der Waals surface area contributed by atoms with E-state index >= 15 is 0 Å². The molecular formula is C16H11BrFNO. The third kappa shape index (κ3) is 2.51. The molecule has 1 aromatic heterocycles. The second-order valence-electron chi connectivity index (χ2n) is 4.58. The first-order valence-electron chi connectivity index (χ1n) is 6.17. The van der Waals surface area contributed by atoms with Crippen molar-refractivity contribution in [2.24, 2.45) is 0 Å². The number of aromatic nitrogens is 1. The van der Waals surface area contributed by atoms with Gasteiger partial charge in [-0.05, 0) is 41.8 Å². The minimum atomic E-state index is -0.298. The second-order valence-corrected chi connectivity index (χ2v) is 5.49. The van der Waals surface area contributed by atoms with Crippen LogP contribution in [0.4, 0.5) is 4.39 Å². The molecule has 0 radical (unpaired) electrons. The molecule has 0 atom stereocenters. The zero-order chi connectivity index (χ0) is 14.1. The van der Waals surface area contributed by atoms with Crippen LogP contribution in [0.25, 0.3) is 10.9 Å². The molecule has 0 unspecified atom stereocenters. The second kappa shape index (κ2) is 5.21. The minimum Gasteiger partial charge on any atom is -0.340 e. The smallest absolute Gasteiger partial charge is 0.182 e. The average molecular weight is 332 g/mol. The highest BCUT2D eigenvalue weighted by Gasteiger charge is 2.09. The number of nitrogens with zero attached hydrogens (tertiary/aromatic N) is 1. The molecule has 0 fully saturated rings. The molecule has 0 amide bonds. The van der Waals surface area contributed by atoms with E-state index in [0.29, 0.717) is 5.56 Å². The first kappa shape index (κ1) is 13.1. The van der Waals surface area contributed by atoms with E-state index in [1.165, 1.54) is 12.1 Å². The summed E-state index contributed by atoms with van der Waals surface area (Å²) in [7, 11) is 0. The fraction of sp³-hybridized carbons (Fsp3) is 0.0625. The Morgan fingerprint density at radius 3 is 2.60 bits per heavy atom. The van der Waals surface area contributed by atoms with Gasteiger partial charge in [-0.15, -0.1) is 0 Å². The van der Waals surface area contributed by atoms with E-state index < -0.39 is 0 Å². The van der Waals surface area contributed by atoms with Crippen LogP contribution in [-0.4, -0.2) is 10.4 Å². The van der Waals surface area contributed by atoms with Crippen molar-refractivity contribution in [2.75, 3.05) is 0 Å². The molecule has 2 aromatic carbocycles. The van der Waals surface area contributed by atoms with Gasteiger partial charge >= 0.3 is 0 Å². The van der Waals surface area contributed by atoms with E-state index in [-0.39, 0.29) is 18.1 Å². The summed E-state index contributed by atoms with van der Waals surface area (Å²) in [6, 6.07) is 13.7. The van der Waals surface area contributed by atoms with Gasteiger partial charge in [-0.1, -0.05) is 28.1 Å². The predicted octanol–water partition coefficient (Wildman–Crippen LogP) is 4.43. The van der Waals surface area contributed by atoms with Crippen LogP contribution in [0.1, 0.15) is 10.4 Å². The van der Waals surface area contributed by atoms with Crippen LogP contribution in [0.3, 0.4) is 0 Å². The number of Topliss-reactive ketones (excluding diaryl/α,β-unsaturated/α-hetero) is 1. The van der Waals surface area contributed by atoms with Crippen molar-refractivity contribution in [3.8, 4) is 0 Å². The Labute approximate surface area is 124 Å². The highest BCUT2D eigenvalue weighted by molar-refractivity contribution is 9.10. The molecule has 3 rings (SSSR count). The van der Waals surface area contributed by atoms with Crippen molar-refractivity contribution in [1.29, 1.82) is 0 Å². The van der Waals surface area contributed by atoms with Gasteiger partial charge in [0, 0.05) is 16.2 Å². The molecule has 0 saturated heterocycles. The number of fused-ring (bicyclic) bond motifs is 1. The summed E-state index contributed by atoms with van der Waals surface area (Å²) >= 11 is 3.34. The molecule has 20 heavy (non-hydrogen) atoms. The number of hydrogen-bond acceptors (Lipinski definition) is 1. The Bertz CT molecular complexity index is 777. The Balaban J connectivity index is 1.91. The van der Waals surface area contributed by atoms with Gasteiger partial charge in [-0.25, -0.2) is 4.39 Å². The van der Waals surface area contributed by atoms with Crippen LogP contribution in [0.5, 0.6) is 0 Å². The van der Waals surface area contributed by atoms with Crippen molar-refractivity contribution in [3.05, 3.63) is 70.6 Å². The summed E-state index contributed by atoms with van der Waals surface area (Å²) in [4.78, 5) is 12.2. The highest BCUT2D eigenvalue weighted by atomic mass is 79.9. The number of hydrogen-bond donors (Lipinski definition) is 0. The summed E-state index contributed by atoms with van der Waals surface area (Å²) in [5.74, 6) is -0.298. The van der Waals surface area contributed by atoms with E-state index in [4.69, 9.17) is 0 Å². The Morgan fingerprint density at radius 2 is 1.85 bits per heavy atom. The number of carbonyl (C=O) groups is 1. The van der Waals surface area contributed by atoms with Crippen LogP contribution in [-0.2, 0) is 6.54 Å². The highest BCUT2D eigenvalue weighted by Crippen LogP contribution is 2.18. The zero-order valence-electron chi connectivity index (χ0n) is 10.5. The van der Waals surface area contributed by atoms with Crippen LogP contribution in [0.15, 0.2) is 59.2 Å². The van der Waals surface area contributed by atoms with Crippen LogP contribution in [0, 0.1) is 5.82 Å². The molecule has 0 aliphatic rings. The molecule has 0 aliphatic carbocycles. The normalized spacial score (nSPS) is 10.9.